The fourth-order valence-electron chi connectivity index (χ4n) is 3.06. The maximum Gasteiger partial charge on any atom is 0.269 e. The second-order valence-electron chi connectivity index (χ2n) is 5.32. The van der Waals surface area contributed by atoms with Gasteiger partial charge in [-0.3, -0.25) is 14.6 Å². The molecule has 3 unspecified atom stereocenters. The van der Waals surface area contributed by atoms with Crippen LogP contribution in [0.25, 0.3) is 0 Å². The predicted molar refractivity (Wildman–Crippen MR) is 71.7 cm³/mol. The molecule has 6 nitrogen and oxygen atoms in total. The molecule has 21 heavy (non-hydrogen) atoms. The molecule has 2 saturated heterocycles. The third-order valence-electron chi connectivity index (χ3n) is 4.13. The van der Waals surface area contributed by atoms with Gasteiger partial charge in [0.25, 0.3) is 5.69 Å². The van der Waals surface area contributed by atoms with Gasteiger partial charge in [0, 0.05) is 12.1 Å². The van der Waals surface area contributed by atoms with Gasteiger partial charge in [-0.15, -0.1) is 0 Å². The maximum atomic E-state index is 10.7. The minimum atomic E-state index is -0.393. The van der Waals surface area contributed by atoms with Gasteiger partial charge in [0.05, 0.1) is 4.92 Å². The summed E-state index contributed by atoms with van der Waals surface area (Å²) in [5, 5.41) is 10.7. The molecule has 0 amide bonds. The van der Waals surface area contributed by atoms with Crippen molar-refractivity contribution in [3.8, 4) is 0 Å². The highest BCUT2D eigenvalue weighted by Gasteiger charge is 2.53. The first kappa shape index (κ1) is 15.9. The van der Waals surface area contributed by atoms with Gasteiger partial charge in [0.1, 0.15) is 25.3 Å². The summed E-state index contributed by atoms with van der Waals surface area (Å²) in [5.74, 6) is 0. The topological polar surface area (TPSA) is 61.6 Å². The fourth-order valence-corrected chi connectivity index (χ4v) is 3.06. The molecule has 2 aliphatic rings. The Morgan fingerprint density at radius 1 is 1.38 bits per heavy atom. The second kappa shape index (κ2) is 6.11. The molecule has 114 valence electrons. The molecule has 0 aromatic heterocycles. The van der Waals surface area contributed by atoms with E-state index >= 15 is 0 Å². The van der Waals surface area contributed by atoms with Crippen molar-refractivity contribution in [1.82, 2.24) is 0 Å². The highest BCUT2D eigenvalue weighted by atomic mass is 35.5. The molecular formula is C14H17ClN2O4. The molecule has 1 aromatic rings. The Kier molecular flexibility index (Phi) is 4.63. The minimum Gasteiger partial charge on any atom is -1.00 e. The van der Waals surface area contributed by atoms with Crippen LogP contribution in [0, 0.1) is 10.1 Å². The van der Waals surface area contributed by atoms with Crippen molar-refractivity contribution in [2.24, 2.45) is 0 Å². The molecule has 1 aromatic carbocycles. The lowest BCUT2D eigenvalue weighted by Crippen LogP contribution is -3.00. The minimum absolute atomic E-state index is 0. The summed E-state index contributed by atoms with van der Waals surface area (Å²) in [6, 6.07) is 6.82. The van der Waals surface area contributed by atoms with Gasteiger partial charge >= 0.3 is 0 Å². The molecule has 0 spiro atoms. The second-order valence-corrected chi connectivity index (χ2v) is 5.32. The Hall–Kier alpha value is -1.47. The highest BCUT2D eigenvalue weighted by molar-refractivity contribution is 5.34. The van der Waals surface area contributed by atoms with Crippen molar-refractivity contribution in [3.63, 3.8) is 0 Å². The van der Waals surface area contributed by atoms with Crippen LogP contribution in [0.5, 0.6) is 0 Å². The van der Waals surface area contributed by atoms with Crippen molar-refractivity contribution in [1.29, 1.82) is 0 Å². The third kappa shape index (κ3) is 2.67. The van der Waals surface area contributed by atoms with Crippen LogP contribution in [-0.2, 0) is 9.47 Å². The third-order valence-corrected chi connectivity index (χ3v) is 4.13. The van der Waals surface area contributed by atoms with Gasteiger partial charge in [-0.1, -0.05) is 6.58 Å². The summed E-state index contributed by atoms with van der Waals surface area (Å²) in [5.41, 5.74) is 1.07. The highest BCUT2D eigenvalue weighted by Crippen LogP contribution is 2.40. The summed E-state index contributed by atoms with van der Waals surface area (Å²) >= 11 is 0. The van der Waals surface area contributed by atoms with E-state index in [0.717, 1.165) is 16.6 Å². The Morgan fingerprint density at radius 3 is 2.71 bits per heavy atom. The Bertz CT molecular complexity index is 536. The van der Waals surface area contributed by atoms with Crippen LogP contribution in [-0.4, -0.2) is 42.1 Å². The molecule has 7 heteroatoms. The SMILES string of the molecule is C=CC[N+]12COCC1C(c1ccc([N+](=O)[O-])cc1)OC2.[Cl-]. The van der Waals surface area contributed by atoms with E-state index in [2.05, 4.69) is 6.58 Å². The van der Waals surface area contributed by atoms with Crippen LogP contribution in [0.1, 0.15) is 11.7 Å². The van der Waals surface area contributed by atoms with E-state index in [1.807, 2.05) is 6.08 Å². The van der Waals surface area contributed by atoms with E-state index in [-0.39, 0.29) is 30.2 Å². The number of nitro benzene ring substituents is 1. The van der Waals surface area contributed by atoms with Gasteiger partial charge in [0.2, 0.25) is 0 Å². The summed E-state index contributed by atoms with van der Waals surface area (Å²) in [4.78, 5) is 10.3. The zero-order valence-corrected chi connectivity index (χ0v) is 12.2. The largest absolute Gasteiger partial charge is 1.00 e. The molecular weight excluding hydrogens is 296 g/mol. The van der Waals surface area contributed by atoms with E-state index in [0.29, 0.717) is 20.1 Å². The summed E-state index contributed by atoms with van der Waals surface area (Å²) in [6.45, 7) is 6.50. The number of benzene rings is 1. The first-order valence-electron chi connectivity index (χ1n) is 6.57. The van der Waals surface area contributed by atoms with Crippen LogP contribution in [0.15, 0.2) is 36.9 Å². The maximum absolute atomic E-state index is 10.7. The number of ether oxygens (including phenoxy) is 2. The van der Waals surface area contributed by atoms with Crippen LogP contribution in [0.2, 0.25) is 0 Å². The van der Waals surface area contributed by atoms with Gasteiger partial charge in [-0.25, -0.2) is 0 Å². The van der Waals surface area contributed by atoms with Crippen molar-refractivity contribution >= 4 is 5.69 Å². The van der Waals surface area contributed by atoms with E-state index in [4.69, 9.17) is 9.47 Å². The Balaban J connectivity index is 0.00000161. The number of nitro groups is 1. The number of fused-ring (bicyclic) bond motifs is 1. The lowest BCUT2D eigenvalue weighted by Gasteiger charge is -2.29. The molecule has 2 fully saturated rings. The zero-order valence-electron chi connectivity index (χ0n) is 11.5. The van der Waals surface area contributed by atoms with Gasteiger partial charge < -0.3 is 21.9 Å². The standard InChI is InChI=1S/C14H17N2O4.ClH/c1-2-7-16-9-19-8-13(16)14(20-10-16)11-3-5-12(6-4-11)15(17)18;/h2-6,13-14H,1,7-10H2;1H/q+1;/p-1. The molecule has 3 atom stereocenters. The summed E-state index contributed by atoms with van der Waals surface area (Å²) in [6.07, 6.45) is 1.82. The van der Waals surface area contributed by atoms with E-state index in [9.17, 15) is 10.1 Å². The zero-order chi connectivity index (χ0) is 14.2. The van der Waals surface area contributed by atoms with Crippen LogP contribution < -0.4 is 12.4 Å². The van der Waals surface area contributed by atoms with E-state index in [1.165, 1.54) is 12.1 Å². The molecule has 2 heterocycles. The van der Waals surface area contributed by atoms with E-state index < -0.39 is 4.92 Å². The molecule has 2 aliphatic heterocycles. The summed E-state index contributed by atoms with van der Waals surface area (Å²) in [7, 11) is 0. The molecule has 0 N–H and O–H groups in total. The quantitative estimate of drug-likeness (QED) is 0.309. The number of nitrogens with zero attached hydrogens (tertiary/aromatic N) is 2. The number of halogens is 1. The monoisotopic (exact) mass is 312 g/mol. The first-order chi connectivity index (χ1) is 9.66. The van der Waals surface area contributed by atoms with Gasteiger partial charge in [0.15, 0.2) is 13.5 Å². The number of hydrogen-bond acceptors (Lipinski definition) is 4. The lowest BCUT2D eigenvalue weighted by atomic mass is 10.0. The lowest BCUT2D eigenvalue weighted by molar-refractivity contribution is -0.938. The predicted octanol–water partition coefficient (Wildman–Crippen LogP) is -1.01. The van der Waals surface area contributed by atoms with Crippen LogP contribution in [0.4, 0.5) is 5.69 Å². The number of rotatable bonds is 4. The summed E-state index contributed by atoms with van der Waals surface area (Å²) < 4.78 is 12.3. The number of hydrogen-bond donors (Lipinski definition) is 0. The molecule has 3 rings (SSSR count). The van der Waals surface area contributed by atoms with Crippen LogP contribution >= 0.6 is 0 Å². The van der Waals surface area contributed by atoms with Crippen molar-refractivity contribution in [2.75, 3.05) is 26.6 Å². The van der Waals surface area contributed by atoms with Crippen molar-refractivity contribution in [2.45, 2.75) is 12.1 Å². The molecule has 0 radical (unpaired) electrons. The molecule has 0 aliphatic carbocycles. The smallest absolute Gasteiger partial charge is 0.269 e. The molecule has 0 saturated carbocycles. The van der Waals surface area contributed by atoms with Gasteiger partial charge in [-0.2, -0.15) is 0 Å². The average molecular weight is 313 g/mol. The van der Waals surface area contributed by atoms with Crippen molar-refractivity contribution in [3.05, 3.63) is 52.6 Å². The van der Waals surface area contributed by atoms with Crippen molar-refractivity contribution < 1.29 is 31.3 Å². The van der Waals surface area contributed by atoms with Gasteiger partial charge in [-0.05, 0) is 23.8 Å². The normalized spacial score (nSPS) is 30.5. The Morgan fingerprint density at radius 2 is 2.10 bits per heavy atom. The Labute approximate surface area is 129 Å². The first-order valence-corrected chi connectivity index (χ1v) is 6.57. The number of quaternary nitrogens is 1. The van der Waals surface area contributed by atoms with Crippen LogP contribution in [0.3, 0.4) is 0 Å². The van der Waals surface area contributed by atoms with E-state index in [1.54, 1.807) is 12.1 Å². The average Bonchev–Trinajstić information content (AvgIpc) is 2.97. The molecule has 0 bridgehead atoms. The number of non-ortho nitro benzene ring substituents is 1. The fraction of sp³-hybridized carbons (Fsp3) is 0.429.